The molecule has 2 rings (SSSR count). The summed E-state index contributed by atoms with van der Waals surface area (Å²) in [4.78, 5) is 2.04. The van der Waals surface area contributed by atoms with Crippen LogP contribution in [0.4, 0.5) is 10.1 Å². The monoisotopic (exact) mass is 258 g/mol. The van der Waals surface area contributed by atoms with E-state index < -0.39 is 0 Å². The highest BCUT2D eigenvalue weighted by Gasteiger charge is 2.05. The summed E-state index contributed by atoms with van der Waals surface area (Å²) in [6.45, 7) is 0.547. The van der Waals surface area contributed by atoms with Gasteiger partial charge < -0.3 is 10.2 Å². The van der Waals surface area contributed by atoms with Crippen molar-refractivity contribution in [2.24, 2.45) is 0 Å². The molecule has 0 fully saturated rings. The SMILES string of the molecule is CNCc1ccc(-c2ccc(N(C)C)cc2)cc1F. The fourth-order valence-corrected chi connectivity index (χ4v) is 2.01. The Labute approximate surface area is 113 Å². The van der Waals surface area contributed by atoms with Crippen LogP contribution in [0.15, 0.2) is 42.5 Å². The predicted octanol–water partition coefficient (Wildman–Crippen LogP) is 3.28. The molecule has 0 saturated heterocycles. The summed E-state index contributed by atoms with van der Waals surface area (Å²) >= 11 is 0. The van der Waals surface area contributed by atoms with Crippen LogP contribution in [0.3, 0.4) is 0 Å². The van der Waals surface area contributed by atoms with Crippen molar-refractivity contribution < 1.29 is 4.39 Å². The first kappa shape index (κ1) is 13.6. The standard InChI is InChI=1S/C16H19FN2/c1-18-11-14-5-4-13(10-16(14)17)12-6-8-15(9-7-12)19(2)3/h4-10,18H,11H2,1-3H3. The van der Waals surface area contributed by atoms with Gasteiger partial charge in [-0.25, -0.2) is 4.39 Å². The van der Waals surface area contributed by atoms with Crippen LogP contribution in [0.1, 0.15) is 5.56 Å². The number of rotatable bonds is 4. The number of nitrogens with zero attached hydrogens (tertiary/aromatic N) is 1. The van der Waals surface area contributed by atoms with E-state index in [1.165, 1.54) is 0 Å². The number of hydrogen-bond acceptors (Lipinski definition) is 2. The number of nitrogens with one attached hydrogen (secondary N) is 1. The Morgan fingerprint density at radius 2 is 1.63 bits per heavy atom. The van der Waals surface area contributed by atoms with Gasteiger partial charge in [0, 0.05) is 31.9 Å². The first-order valence-corrected chi connectivity index (χ1v) is 6.32. The molecule has 0 amide bonds. The Bertz CT molecular complexity index is 547. The Kier molecular flexibility index (Phi) is 4.17. The van der Waals surface area contributed by atoms with Crippen LogP contribution in [-0.4, -0.2) is 21.1 Å². The molecule has 0 unspecified atom stereocenters. The summed E-state index contributed by atoms with van der Waals surface area (Å²) in [5.74, 6) is -0.163. The van der Waals surface area contributed by atoms with E-state index >= 15 is 0 Å². The number of anilines is 1. The molecule has 0 aliphatic carbocycles. The largest absolute Gasteiger partial charge is 0.378 e. The van der Waals surface area contributed by atoms with Gasteiger partial charge in [-0.15, -0.1) is 0 Å². The zero-order valence-electron chi connectivity index (χ0n) is 11.6. The molecule has 1 N–H and O–H groups in total. The molecule has 0 radical (unpaired) electrons. The normalized spacial score (nSPS) is 10.5. The van der Waals surface area contributed by atoms with Crippen molar-refractivity contribution in [2.45, 2.75) is 6.54 Å². The van der Waals surface area contributed by atoms with Crippen molar-refractivity contribution in [3.8, 4) is 11.1 Å². The van der Waals surface area contributed by atoms with E-state index in [2.05, 4.69) is 5.32 Å². The highest BCUT2D eigenvalue weighted by Crippen LogP contribution is 2.24. The van der Waals surface area contributed by atoms with E-state index in [-0.39, 0.29) is 5.82 Å². The second kappa shape index (κ2) is 5.85. The van der Waals surface area contributed by atoms with E-state index in [0.717, 1.165) is 16.8 Å². The Morgan fingerprint density at radius 3 is 2.16 bits per heavy atom. The average molecular weight is 258 g/mol. The molecule has 19 heavy (non-hydrogen) atoms. The molecule has 2 nitrogen and oxygen atoms in total. The van der Waals surface area contributed by atoms with Crippen LogP contribution >= 0.6 is 0 Å². The summed E-state index contributed by atoms with van der Waals surface area (Å²) in [5.41, 5.74) is 3.76. The van der Waals surface area contributed by atoms with Gasteiger partial charge in [-0.2, -0.15) is 0 Å². The number of halogens is 1. The first-order valence-electron chi connectivity index (χ1n) is 6.32. The molecular formula is C16H19FN2. The van der Waals surface area contributed by atoms with Gasteiger partial charge in [-0.1, -0.05) is 24.3 Å². The predicted molar refractivity (Wildman–Crippen MR) is 78.9 cm³/mol. The molecule has 2 aromatic rings. The van der Waals surface area contributed by atoms with Crippen LogP contribution in [0, 0.1) is 5.82 Å². The van der Waals surface area contributed by atoms with Gasteiger partial charge in [0.15, 0.2) is 0 Å². The van der Waals surface area contributed by atoms with Gasteiger partial charge in [-0.3, -0.25) is 0 Å². The summed E-state index contributed by atoms with van der Waals surface area (Å²) in [7, 11) is 5.82. The molecule has 100 valence electrons. The van der Waals surface area contributed by atoms with Crippen molar-refractivity contribution in [1.29, 1.82) is 0 Å². The fourth-order valence-electron chi connectivity index (χ4n) is 2.01. The van der Waals surface area contributed by atoms with E-state index in [4.69, 9.17) is 0 Å². The van der Waals surface area contributed by atoms with E-state index in [0.29, 0.717) is 12.1 Å². The summed E-state index contributed by atoms with van der Waals surface area (Å²) < 4.78 is 13.9. The van der Waals surface area contributed by atoms with E-state index in [1.54, 1.807) is 6.07 Å². The maximum Gasteiger partial charge on any atom is 0.128 e. The Hall–Kier alpha value is -1.87. The second-order valence-corrected chi connectivity index (χ2v) is 4.78. The molecule has 3 heteroatoms. The smallest absolute Gasteiger partial charge is 0.128 e. The minimum atomic E-state index is -0.163. The van der Waals surface area contributed by atoms with Gasteiger partial charge in [0.25, 0.3) is 0 Å². The van der Waals surface area contributed by atoms with Crippen molar-refractivity contribution in [1.82, 2.24) is 5.32 Å². The van der Waals surface area contributed by atoms with Crippen molar-refractivity contribution >= 4 is 5.69 Å². The molecule has 0 saturated carbocycles. The second-order valence-electron chi connectivity index (χ2n) is 4.78. The quantitative estimate of drug-likeness (QED) is 0.905. The van der Waals surface area contributed by atoms with Crippen LogP contribution in [0.2, 0.25) is 0 Å². The third-order valence-corrected chi connectivity index (χ3v) is 3.14. The molecule has 0 aliphatic rings. The molecule has 0 aromatic heterocycles. The first-order chi connectivity index (χ1) is 9.11. The average Bonchev–Trinajstić information content (AvgIpc) is 2.41. The van der Waals surface area contributed by atoms with Crippen molar-refractivity contribution in [2.75, 3.05) is 26.0 Å². The minimum absolute atomic E-state index is 0.163. The van der Waals surface area contributed by atoms with Crippen LogP contribution in [-0.2, 0) is 6.54 Å². The van der Waals surface area contributed by atoms with Crippen LogP contribution in [0.25, 0.3) is 11.1 Å². The lowest BCUT2D eigenvalue weighted by molar-refractivity contribution is 0.601. The lowest BCUT2D eigenvalue weighted by Crippen LogP contribution is -2.08. The Morgan fingerprint density at radius 1 is 1.00 bits per heavy atom. The summed E-state index contributed by atoms with van der Waals surface area (Å²) in [6.07, 6.45) is 0. The highest BCUT2D eigenvalue weighted by molar-refractivity contribution is 5.66. The number of benzene rings is 2. The molecule has 0 atom stereocenters. The summed E-state index contributed by atoms with van der Waals surface area (Å²) in [5, 5.41) is 2.96. The van der Waals surface area contributed by atoms with Gasteiger partial charge in [-0.05, 0) is 36.4 Å². The lowest BCUT2D eigenvalue weighted by atomic mass is 10.0. The third-order valence-electron chi connectivity index (χ3n) is 3.14. The topological polar surface area (TPSA) is 15.3 Å². The third kappa shape index (κ3) is 3.12. The summed E-state index contributed by atoms with van der Waals surface area (Å²) in [6, 6.07) is 13.5. The lowest BCUT2D eigenvalue weighted by Gasteiger charge is -2.13. The maximum absolute atomic E-state index is 13.9. The zero-order chi connectivity index (χ0) is 13.8. The molecule has 0 heterocycles. The Balaban J connectivity index is 2.29. The highest BCUT2D eigenvalue weighted by atomic mass is 19.1. The molecule has 0 spiro atoms. The van der Waals surface area contributed by atoms with Crippen LogP contribution < -0.4 is 10.2 Å². The molecule has 2 aromatic carbocycles. The van der Waals surface area contributed by atoms with Gasteiger partial charge in [0.1, 0.15) is 5.82 Å². The van der Waals surface area contributed by atoms with Crippen LogP contribution in [0.5, 0.6) is 0 Å². The maximum atomic E-state index is 13.9. The zero-order valence-corrected chi connectivity index (χ0v) is 11.6. The fraction of sp³-hybridized carbons (Fsp3) is 0.250. The van der Waals surface area contributed by atoms with Gasteiger partial charge >= 0.3 is 0 Å². The van der Waals surface area contributed by atoms with Gasteiger partial charge in [0.05, 0.1) is 0 Å². The number of hydrogen-bond donors (Lipinski definition) is 1. The van der Waals surface area contributed by atoms with E-state index in [1.807, 2.05) is 62.4 Å². The molecular weight excluding hydrogens is 239 g/mol. The van der Waals surface area contributed by atoms with E-state index in [9.17, 15) is 4.39 Å². The molecule has 0 aliphatic heterocycles. The molecule has 0 bridgehead atoms. The minimum Gasteiger partial charge on any atom is -0.378 e. The van der Waals surface area contributed by atoms with Gasteiger partial charge in [0.2, 0.25) is 0 Å². The van der Waals surface area contributed by atoms with Crippen molar-refractivity contribution in [3.05, 3.63) is 53.8 Å². The van der Waals surface area contributed by atoms with Crippen molar-refractivity contribution in [3.63, 3.8) is 0 Å².